The standard InChI is InChI=1S/C13H18F2N2O/c1-17(10-2-4-18-5-3-10)13-11(14)6-9(8-16)7-12(13)15/h6-7,10H,2-5,8,16H2,1H3. The Bertz CT molecular complexity index is 396. The van der Waals surface area contributed by atoms with E-state index >= 15 is 0 Å². The Labute approximate surface area is 106 Å². The molecule has 0 spiro atoms. The van der Waals surface area contributed by atoms with Crippen LogP contribution in [0.3, 0.4) is 0 Å². The number of nitrogens with two attached hydrogens (primary N) is 1. The molecule has 1 aliphatic heterocycles. The summed E-state index contributed by atoms with van der Waals surface area (Å²) in [5.41, 5.74) is 5.89. The Morgan fingerprint density at radius 3 is 2.33 bits per heavy atom. The van der Waals surface area contributed by atoms with Gasteiger partial charge in [-0.25, -0.2) is 8.78 Å². The van der Waals surface area contributed by atoms with Crippen LogP contribution in [0.5, 0.6) is 0 Å². The van der Waals surface area contributed by atoms with E-state index < -0.39 is 11.6 Å². The Morgan fingerprint density at radius 2 is 1.83 bits per heavy atom. The van der Waals surface area contributed by atoms with Crippen LogP contribution in [0.1, 0.15) is 18.4 Å². The van der Waals surface area contributed by atoms with Crippen LogP contribution in [0.25, 0.3) is 0 Å². The quantitative estimate of drug-likeness (QED) is 0.899. The maximum atomic E-state index is 13.9. The largest absolute Gasteiger partial charge is 0.381 e. The van der Waals surface area contributed by atoms with Crippen molar-refractivity contribution < 1.29 is 13.5 Å². The van der Waals surface area contributed by atoms with Crippen LogP contribution in [0, 0.1) is 11.6 Å². The fraction of sp³-hybridized carbons (Fsp3) is 0.538. The zero-order chi connectivity index (χ0) is 13.1. The number of hydrogen-bond acceptors (Lipinski definition) is 3. The molecule has 18 heavy (non-hydrogen) atoms. The fourth-order valence-electron chi connectivity index (χ4n) is 2.33. The summed E-state index contributed by atoms with van der Waals surface area (Å²) in [5.74, 6) is -1.10. The molecule has 100 valence electrons. The van der Waals surface area contributed by atoms with E-state index in [9.17, 15) is 8.78 Å². The molecule has 0 aromatic heterocycles. The summed E-state index contributed by atoms with van der Waals surface area (Å²) < 4.78 is 33.1. The van der Waals surface area contributed by atoms with Crippen molar-refractivity contribution in [1.82, 2.24) is 0 Å². The second-order valence-corrected chi connectivity index (χ2v) is 4.57. The first-order valence-corrected chi connectivity index (χ1v) is 6.12. The average molecular weight is 256 g/mol. The van der Waals surface area contributed by atoms with E-state index in [-0.39, 0.29) is 18.3 Å². The number of halogens is 2. The lowest BCUT2D eigenvalue weighted by molar-refractivity contribution is 0.0852. The molecule has 5 heteroatoms. The summed E-state index contributed by atoms with van der Waals surface area (Å²) in [6, 6.07) is 2.72. The Kier molecular flexibility index (Phi) is 4.14. The van der Waals surface area contributed by atoms with Gasteiger partial charge in [0.05, 0.1) is 0 Å². The Morgan fingerprint density at radius 1 is 1.28 bits per heavy atom. The van der Waals surface area contributed by atoms with Crippen molar-refractivity contribution in [2.45, 2.75) is 25.4 Å². The molecule has 0 amide bonds. The number of anilines is 1. The summed E-state index contributed by atoms with van der Waals surface area (Å²) >= 11 is 0. The van der Waals surface area contributed by atoms with Crippen molar-refractivity contribution in [1.29, 1.82) is 0 Å². The Balaban J connectivity index is 2.26. The van der Waals surface area contributed by atoms with Crippen molar-refractivity contribution in [2.24, 2.45) is 5.73 Å². The summed E-state index contributed by atoms with van der Waals surface area (Å²) in [4.78, 5) is 1.67. The van der Waals surface area contributed by atoms with Crippen molar-refractivity contribution in [3.63, 3.8) is 0 Å². The van der Waals surface area contributed by atoms with E-state index in [4.69, 9.17) is 10.5 Å². The second kappa shape index (κ2) is 5.63. The molecular formula is C13H18F2N2O. The number of nitrogens with zero attached hydrogens (tertiary/aromatic N) is 1. The number of rotatable bonds is 3. The zero-order valence-corrected chi connectivity index (χ0v) is 10.5. The van der Waals surface area contributed by atoms with Gasteiger partial charge in [0.2, 0.25) is 0 Å². The molecule has 0 saturated carbocycles. The maximum Gasteiger partial charge on any atom is 0.149 e. The van der Waals surface area contributed by atoms with E-state index in [2.05, 4.69) is 0 Å². The van der Waals surface area contributed by atoms with E-state index in [1.165, 1.54) is 12.1 Å². The summed E-state index contributed by atoms with van der Waals surface area (Å²) in [5, 5.41) is 0. The summed E-state index contributed by atoms with van der Waals surface area (Å²) in [6.45, 7) is 1.41. The van der Waals surface area contributed by atoms with Gasteiger partial charge in [-0.3, -0.25) is 0 Å². The molecular weight excluding hydrogens is 238 g/mol. The number of benzene rings is 1. The van der Waals surface area contributed by atoms with E-state index in [0.29, 0.717) is 18.8 Å². The highest BCUT2D eigenvalue weighted by Gasteiger charge is 2.23. The normalized spacial score (nSPS) is 16.9. The van der Waals surface area contributed by atoms with Gasteiger partial charge in [-0.2, -0.15) is 0 Å². The fourth-order valence-corrected chi connectivity index (χ4v) is 2.33. The van der Waals surface area contributed by atoms with Crippen LogP contribution >= 0.6 is 0 Å². The molecule has 0 atom stereocenters. The van der Waals surface area contributed by atoms with E-state index in [1.807, 2.05) is 0 Å². The third kappa shape index (κ3) is 2.62. The van der Waals surface area contributed by atoms with Gasteiger partial charge in [-0.15, -0.1) is 0 Å². The Hall–Kier alpha value is -1.20. The predicted octanol–water partition coefficient (Wildman–Crippen LogP) is 2.04. The summed E-state index contributed by atoms with van der Waals surface area (Å²) in [6.07, 6.45) is 1.57. The van der Waals surface area contributed by atoms with Crippen LogP contribution in [0.15, 0.2) is 12.1 Å². The smallest absolute Gasteiger partial charge is 0.149 e. The first kappa shape index (κ1) is 13.2. The van der Waals surface area contributed by atoms with Gasteiger partial charge in [0, 0.05) is 32.8 Å². The van der Waals surface area contributed by atoms with Crippen LogP contribution in [0.2, 0.25) is 0 Å². The lowest BCUT2D eigenvalue weighted by Crippen LogP contribution is -2.37. The maximum absolute atomic E-state index is 13.9. The van der Waals surface area contributed by atoms with Gasteiger partial charge in [-0.05, 0) is 30.5 Å². The highest BCUT2D eigenvalue weighted by Crippen LogP contribution is 2.28. The van der Waals surface area contributed by atoms with Crippen molar-refractivity contribution in [3.05, 3.63) is 29.3 Å². The minimum Gasteiger partial charge on any atom is -0.381 e. The number of hydrogen-bond donors (Lipinski definition) is 1. The molecule has 1 aromatic rings. The van der Waals surface area contributed by atoms with Crippen LogP contribution < -0.4 is 10.6 Å². The molecule has 1 fully saturated rings. The van der Waals surface area contributed by atoms with Crippen LogP contribution in [-0.2, 0) is 11.3 Å². The second-order valence-electron chi connectivity index (χ2n) is 4.57. The topological polar surface area (TPSA) is 38.5 Å². The molecule has 0 aliphatic carbocycles. The highest BCUT2D eigenvalue weighted by molar-refractivity contribution is 5.51. The number of ether oxygens (including phenoxy) is 1. The third-order valence-corrected chi connectivity index (χ3v) is 3.40. The molecule has 2 rings (SSSR count). The minimum atomic E-state index is -0.551. The molecule has 0 bridgehead atoms. The monoisotopic (exact) mass is 256 g/mol. The van der Waals surface area contributed by atoms with Gasteiger partial charge in [-0.1, -0.05) is 0 Å². The van der Waals surface area contributed by atoms with Gasteiger partial charge >= 0.3 is 0 Å². The average Bonchev–Trinajstić information content (AvgIpc) is 2.38. The molecule has 1 aliphatic rings. The van der Waals surface area contributed by atoms with E-state index in [0.717, 1.165) is 12.8 Å². The lowest BCUT2D eigenvalue weighted by atomic mass is 10.1. The zero-order valence-electron chi connectivity index (χ0n) is 10.5. The van der Waals surface area contributed by atoms with Crippen LogP contribution in [0.4, 0.5) is 14.5 Å². The third-order valence-electron chi connectivity index (χ3n) is 3.40. The van der Waals surface area contributed by atoms with Gasteiger partial charge < -0.3 is 15.4 Å². The summed E-state index contributed by atoms with van der Waals surface area (Å²) in [7, 11) is 1.72. The molecule has 1 aromatic carbocycles. The first-order valence-electron chi connectivity index (χ1n) is 6.12. The van der Waals surface area contributed by atoms with Crippen molar-refractivity contribution >= 4 is 5.69 Å². The van der Waals surface area contributed by atoms with E-state index in [1.54, 1.807) is 11.9 Å². The molecule has 1 saturated heterocycles. The minimum absolute atomic E-state index is 0.0269. The SMILES string of the molecule is CN(c1c(F)cc(CN)cc1F)C1CCOCC1. The van der Waals surface area contributed by atoms with Gasteiger partial charge in [0.15, 0.2) is 0 Å². The molecule has 0 unspecified atom stereocenters. The van der Waals surface area contributed by atoms with Crippen LogP contribution in [-0.4, -0.2) is 26.3 Å². The molecule has 0 radical (unpaired) electrons. The molecule has 1 heterocycles. The highest BCUT2D eigenvalue weighted by atomic mass is 19.1. The molecule has 2 N–H and O–H groups in total. The lowest BCUT2D eigenvalue weighted by Gasteiger charge is -2.33. The van der Waals surface area contributed by atoms with Gasteiger partial charge in [0.1, 0.15) is 17.3 Å². The first-order chi connectivity index (χ1) is 8.63. The van der Waals surface area contributed by atoms with Crippen molar-refractivity contribution in [2.75, 3.05) is 25.2 Å². The van der Waals surface area contributed by atoms with Crippen molar-refractivity contribution in [3.8, 4) is 0 Å². The predicted molar refractivity (Wildman–Crippen MR) is 66.5 cm³/mol. The molecule has 3 nitrogen and oxygen atoms in total. The van der Waals surface area contributed by atoms with Gasteiger partial charge in [0.25, 0.3) is 0 Å².